The van der Waals surface area contributed by atoms with Gasteiger partial charge in [0.15, 0.2) is 5.82 Å². The minimum absolute atomic E-state index is 0.664. The second kappa shape index (κ2) is 4.49. The molecule has 0 aliphatic carbocycles. The first-order valence-corrected chi connectivity index (χ1v) is 5.58. The van der Waals surface area contributed by atoms with Gasteiger partial charge in [0.05, 0.1) is 6.20 Å². The normalized spacial score (nSPS) is 10.4. The van der Waals surface area contributed by atoms with Gasteiger partial charge in [0.1, 0.15) is 5.82 Å². The van der Waals surface area contributed by atoms with E-state index >= 15 is 0 Å². The van der Waals surface area contributed by atoms with E-state index in [-0.39, 0.29) is 0 Å². The number of nitrogens with zero attached hydrogens (tertiary/aromatic N) is 3. The third-order valence-corrected chi connectivity index (χ3v) is 3.11. The summed E-state index contributed by atoms with van der Waals surface area (Å²) >= 11 is 0. The number of nitrogens with one attached hydrogen (secondary N) is 1. The number of hydrogen-bond acceptors (Lipinski definition) is 4. The van der Waals surface area contributed by atoms with E-state index in [1.807, 2.05) is 13.1 Å². The fourth-order valence-corrected chi connectivity index (χ4v) is 1.74. The van der Waals surface area contributed by atoms with Crippen LogP contribution in [0.5, 0.6) is 0 Å². The second-order valence-electron chi connectivity index (χ2n) is 4.10. The van der Waals surface area contributed by atoms with E-state index in [0.717, 1.165) is 11.4 Å². The SMILES string of the molecule is CNc1cnnc(-c2ccc(C)c(C)c2C)n1. The van der Waals surface area contributed by atoms with Gasteiger partial charge >= 0.3 is 0 Å². The van der Waals surface area contributed by atoms with Crippen LogP contribution in [0.3, 0.4) is 0 Å². The zero-order valence-corrected chi connectivity index (χ0v) is 10.6. The van der Waals surface area contributed by atoms with Crippen LogP contribution in [0.25, 0.3) is 11.4 Å². The Kier molecular flexibility index (Phi) is 3.04. The van der Waals surface area contributed by atoms with Crippen LogP contribution >= 0.6 is 0 Å². The lowest BCUT2D eigenvalue weighted by Gasteiger charge is -2.10. The van der Waals surface area contributed by atoms with E-state index in [4.69, 9.17) is 0 Å². The van der Waals surface area contributed by atoms with Gasteiger partial charge in [-0.15, -0.1) is 5.10 Å². The van der Waals surface area contributed by atoms with E-state index < -0.39 is 0 Å². The highest BCUT2D eigenvalue weighted by molar-refractivity contribution is 5.63. The van der Waals surface area contributed by atoms with Crippen LogP contribution in [-0.4, -0.2) is 22.2 Å². The topological polar surface area (TPSA) is 50.7 Å². The molecule has 0 atom stereocenters. The van der Waals surface area contributed by atoms with Crippen molar-refractivity contribution in [3.05, 3.63) is 35.0 Å². The van der Waals surface area contributed by atoms with Gasteiger partial charge in [-0.3, -0.25) is 0 Å². The van der Waals surface area contributed by atoms with Crippen LogP contribution in [0.2, 0.25) is 0 Å². The van der Waals surface area contributed by atoms with Gasteiger partial charge in [-0.25, -0.2) is 4.98 Å². The predicted octanol–water partition coefficient (Wildman–Crippen LogP) is 2.51. The molecule has 0 saturated carbocycles. The molecule has 88 valence electrons. The number of aromatic nitrogens is 3. The van der Waals surface area contributed by atoms with E-state index in [1.54, 1.807) is 6.20 Å². The zero-order valence-electron chi connectivity index (χ0n) is 10.6. The van der Waals surface area contributed by atoms with Crippen molar-refractivity contribution >= 4 is 5.82 Å². The largest absolute Gasteiger partial charge is 0.372 e. The summed E-state index contributed by atoms with van der Waals surface area (Å²) in [5, 5.41) is 11.0. The van der Waals surface area contributed by atoms with Crippen molar-refractivity contribution in [2.24, 2.45) is 0 Å². The maximum atomic E-state index is 4.41. The molecule has 0 saturated heterocycles. The minimum Gasteiger partial charge on any atom is -0.372 e. The summed E-state index contributed by atoms with van der Waals surface area (Å²) in [6.45, 7) is 6.31. The molecular formula is C13H16N4. The van der Waals surface area contributed by atoms with Crippen molar-refractivity contribution in [2.45, 2.75) is 20.8 Å². The Morgan fingerprint density at radius 2 is 1.82 bits per heavy atom. The minimum atomic E-state index is 0.664. The first kappa shape index (κ1) is 11.5. The monoisotopic (exact) mass is 228 g/mol. The van der Waals surface area contributed by atoms with E-state index in [1.165, 1.54) is 16.7 Å². The van der Waals surface area contributed by atoms with Crippen molar-refractivity contribution in [1.82, 2.24) is 15.2 Å². The number of anilines is 1. The molecule has 0 fully saturated rings. The fourth-order valence-electron chi connectivity index (χ4n) is 1.74. The summed E-state index contributed by atoms with van der Waals surface area (Å²) < 4.78 is 0. The maximum Gasteiger partial charge on any atom is 0.184 e. The lowest BCUT2D eigenvalue weighted by molar-refractivity contribution is 0.978. The molecular weight excluding hydrogens is 212 g/mol. The highest BCUT2D eigenvalue weighted by atomic mass is 15.2. The molecule has 2 rings (SSSR count). The van der Waals surface area contributed by atoms with Crippen molar-refractivity contribution in [2.75, 3.05) is 12.4 Å². The molecule has 0 aliphatic heterocycles. The van der Waals surface area contributed by atoms with Gasteiger partial charge in [0.2, 0.25) is 0 Å². The highest BCUT2D eigenvalue weighted by Crippen LogP contribution is 2.24. The number of benzene rings is 1. The molecule has 17 heavy (non-hydrogen) atoms. The number of rotatable bonds is 2. The van der Waals surface area contributed by atoms with Crippen molar-refractivity contribution in [3.8, 4) is 11.4 Å². The molecule has 0 amide bonds. The lowest BCUT2D eigenvalue weighted by Crippen LogP contribution is -2.00. The molecule has 0 spiro atoms. The third-order valence-electron chi connectivity index (χ3n) is 3.11. The van der Waals surface area contributed by atoms with Crippen LogP contribution in [0.4, 0.5) is 5.82 Å². The Bertz CT molecular complexity index is 549. The molecule has 0 aliphatic rings. The van der Waals surface area contributed by atoms with Crippen molar-refractivity contribution < 1.29 is 0 Å². The Hall–Kier alpha value is -1.97. The van der Waals surface area contributed by atoms with Crippen molar-refractivity contribution in [3.63, 3.8) is 0 Å². The second-order valence-corrected chi connectivity index (χ2v) is 4.10. The summed E-state index contributed by atoms with van der Waals surface area (Å²) in [5.41, 5.74) is 4.81. The van der Waals surface area contributed by atoms with Gasteiger partial charge in [-0.05, 0) is 37.5 Å². The summed E-state index contributed by atoms with van der Waals surface area (Å²) in [6.07, 6.45) is 1.61. The average molecular weight is 228 g/mol. The molecule has 1 N–H and O–H groups in total. The smallest absolute Gasteiger partial charge is 0.184 e. The summed E-state index contributed by atoms with van der Waals surface area (Å²) in [5.74, 6) is 1.39. The first-order valence-electron chi connectivity index (χ1n) is 5.58. The van der Waals surface area contributed by atoms with Gasteiger partial charge in [0.25, 0.3) is 0 Å². The molecule has 1 aromatic carbocycles. The van der Waals surface area contributed by atoms with E-state index in [0.29, 0.717) is 5.82 Å². The molecule has 1 heterocycles. The average Bonchev–Trinajstić information content (AvgIpc) is 2.36. The highest BCUT2D eigenvalue weighted by Gasteiger charge is 2.09. The molecule has 0 bridgehead atoms. The summed E-state index contributed by atoms with van der Waals surface area (Å²) in [4.78, 5) is 4.41. The summed E-state index contributed by atoms with van der Waals surface area (Å²) in [6, 6.07) is 4.14. The van der Waals surface area contributed by atoms with Gasteiger partial charge in [-0.2, -0.15) is 5.10 Å². The van der Waals surface area contributed by atoms with Crippen molar-refractivity contribution in [1.29, 1.82) is 0 Å². The fraction of sp³-hybridized carbons (Fsp3) is 0.308. The number of hydrogen-bond donors (Lipinski definition) is 1. The third kappa shape index (κ3) is 2.11. The molecule has 1 aromatic heterocycles. The molecule has 4 nitrogen and oxygen atoms in total. The van der Waals surface area contributed by atoms with Crippen LogP contribution in [-0.2, 0) is 0 Å². The Morgan fingerprint density at radius 3 is 2.53 bits per heavy atom. The first-order chi connectivity index (χ1) is 8.13. The Morgan fingerprint density at radius 1 is 1.06 bits per heavy atom. The molecule has 0 unspecified atom stereocenters. The van der Waals surface area contributed by atoms with Gasteiger partial charge in [-0.1, -0.05) is 12.1 Å². The van der Waals surface area contributed by atoms with Gasteiger partial charge < -0.3 is 5.32 Å². The quantitative estimate of drug-likeness (QED) is 0.858. The van der Waals surface area contributed by atoms with Crippen LogP contribution in [0, 0.1) is 20.8 Å². The van der Waals surface area contributed by atoms with Gasteiger partial charge in [0, 0.05) is 12.6 Å². The summed E-state index contributed by atoms with van der Waals surface area (Å²) in [7, 11) is 1.82. The van der Waals surface area contributed by atoms with E-state index in [9.17, 15) is 0 Å². The van der Waals surface area contributed by atoms with Crippen LogP contribution in [0.15, 0.2) is 18.3 Å². The Labute approximate surface area is 101 Å². The molecule has 4 heteroatoms. The van der Waals surface area contributed by atoms with E-state index in [2.05, 4.69) is 47.3 Å². The predicted molar refractivity (Wildman–Crippen MR) is 69.0 cm³/mol. The standard InChI is InChI=1S/C13H16N4/c1-8-5-6-11(10(3)9(8)2)13-16-12(14-4)7-15-17-13/h5-7H,1-4H3,(H,14,16,17). The zero-order chi connectivity index (χ0) is 12.4. The Balaban J connectivity index is 2.56. The van der Waals surface area contributed by atoms with Crippen LogP contribution < -0.4 is 5.32 Å². The molecule has 0 radical (unpaired) electrons. The van der Waals surface area contributed by atoms with Crippen LogP contribution in [0.1, 0.15) is 16.7 Å². The number of aryl methyl sites for hydroxylation is 1. The molecule has 2 aromatic rings. The lowest BCUT2D eigenvalue weighted by atomic mass is 9.98. The maximum absolute atomic E-state index is 4.41.